The molecule has 1 heterocycles. The summed E-state index contributed by atoms with van der Waals surface area (Å²) in [6.07, 6.45) is 1.34. The molecule has 1 amide bonds. The van der Waals surface area contributed by atoms with Gasteiger partial charge < -0.3 is 5.32 Å². The number of benzene rings is 1. The zero-order chi connectivity index (χ0) is 14.5. The molecule has 1 aromatic heterocycles. The molecule has 0 unspecified atom stereocenters. The molecular formula is C11H11N5O3S. The summed E-state index contributed by atoms with van der Waals surface area (Å²) in [5, 5.41) is 20.3. The van der Waals surface area contributed by atoms with Gasteiger partial charge in [0.25, 0.3) is 5.69 Å². The number of nitro benzene ring substituents is 1. The highest BCUT2D eigenvalue weighted by Gasteiger charge is 2.17. The summed E-state index contributed by atoms with van der Waals surface area (Å²) in [6.45, 7) is 1.70. The predicted octanol–water partition coefficient (Wildman–Crippen LogP) is 1.75. The molecule has 104 valence electrons. The number of amides is 1. The van der Waals surface area contributed by atoms with Crippen LogP contribution in [0.5, 0.6) is 0 Å². The van der Waals surface area contributed by atoms with E-state index in [2.05, 4.69) is 20.5 Å². The highest BCUT2D eigenvalue weighted by molar-refractivity contribution is 7.99. The highest BCUT2D eigenvalue weighted by atomic mass is 32.2. The molecule has 2 N–H and O–H groups in total. The zero-order valence-corrected chi connectivity index (χ0v) is 11.3. The van der Waals surface area contributed by atoms with E-state index >= 15 is 0 Å². The molecule has 20 heavy (non-hydrogen) atoms. The minimum absolute atomic E-state index is 0.0840. The molecule has 0 saturated heterocycles. The standard InChI is InChI=1S/C11H11N5O3S/c1-7-3-2-4-8(16(18)19)10(7)14-9(17)5-20-11-12-6-13-15-11/h2-4,6H,5H2,1H3,(H,14,17)(H,12,13,15). The number of nitro groups is 1. The maximum Gasteiger partial charge on any atom is 0.293 e. The van der Waals surface area contributed by atoms with E-state index in [1.807, 2.05) is 0 Å². The van der Waals surface area contributed by atoms with Crippen molar-refractivity contribution >= 4 is 29.0 Å². The molecule has 0 bridgehead atoms. The van der Waals surface area contributed by atoms with Crippen molar-refractivity contribution in [3.63, 3.8) is 0 Å². The van der Waals surface area contributed by atoms with Gasteiger partial charge in [-0.1, -0.05) is 23.9 Å². The van der Waals surface area contributed by atoms with Gasteiger partial charge in [0.05, 0.1) is 10.7 Å². The molecule has 8 nitrogen and oxygen atoms in total. The molecule has 0 radical (unpaired) electrons. The van der Waals surface area contributed by atoms with Crippen LogP contribution < -0.4 is 5.32 Å². The molecule has 0 atom stereocenters. The van der Waals surface area contributed by atoms with Crippen molar-refractivity contribution < 1.29 is 9.72 Å². The average Bonchev–Trinajstić information content (AvgIpc) is 2.91. The van der Waals surface area contributed by atoms with Crippen molar-refractivity contribution in [2.24, 2.45) is 0 Å². The van der Waals surface area contributed by atoms with Gasteiger partial charge in [-0.05, 0) is 12.5 Å². The Hall–Kier alpha value is -2.42. The van der Waals surface area contributed by atoms with Gasteiger partial charge in [0.15, 0.2) is 5.16 Å². The van der Waals surface area contributed by atoms with Crippen molar-refractivity contribution in [2.75, 3.05) is 11.1 Å². The first-order valence-corrected chi connectivity index (χ1v) is 6.58. The SMILES string of the molecule is Cc1cccc([N+](=O)[O-])c1NC(=O)CSc1ncn[nH]1. The fraction of sp³-hybridized carbons (Fsp3) is 0.182. The third-order valence-corrected chi connectivity index (χ3v) is 3.32. The van der Waals surface area contributed by atoms with Crippen LogP contribution in [-0.4, -0.2) is 31.8 Å². The number of rotatable bonds is 5. The number of aryl methyl sites for hydroxylation is 1. The lowest BCUT2D eigenvalue weighted by atomic mass is 10.1. The lowest BCUT2D eigenvalue weighted by Gasteiger charge is -2.08. The van der Waals surface area contributed by atoms with Crippen molar-refractivity contribution in [3.05, 3.63) is 40.2 Å². The van der Waals surface area contributed by atoms with Crippen LogP contribution in [0.15, 0.2) is 29.7 Å². The summed E-state index contributed by atoms with van der Waals surface area (Å²) in [5.74, 6) is -0.260. The third-order valence-electron chi connectivity index (χ3n) is 2.44. The van der Waals surface area contributed by atoms with Crippen LogP contribution in [0, 0.1) is 17.0 Å². The number of hydrogen-bond acceptors (Lipinski definition) is 6. The van der Waals surface area contributed by atoms with E-state index in [9.17, 15) is 14.9 Å². The first-order chi connectivity index (χ1) is 9.58. The van der Waals surface area contributed by atoms with Gasteiger partial charge in [-0.3, -0.25) is 20.0 Å². The van der Waals surface area contributed by atoms with E-state index in [0.29, 0.717) is 10.7 Å². The Morgan fingerprint density at radius 1 is 1.55 bits per heavy atom. The topological polar surface area (TPSA) is 114 Å². The van der Waals surface area contributed by atoms with Crippen LogP contribution in [0.2, 0.25) is 0 Å². The number of aromatic amines is 1. The van der Waals surface area contributed by atoms with Gasteiger partial charge in [0, 0.05) is 6.07 Å². The fourth-order valence-corrected chi connectivity index (χ4v) is 2.12. The maximum absolute atomic E-state index is 11.8. The second-order valence-electron chi connectivity index (χ2n) is 3.85. The molecule has 0 spiro atoms. The number of aromatic nitrogens is 3. The lowest BCUT2D eigenvalue weighted by Crippen LogP contribution is -2.16. The number of nitrogens with one attached hydrogen (secondary N) is 2. The number of carbonyl (C=O) groups excluding carboxylic acids is 1. The van der Waals surface area contributed by atoms with Crippen LogP contribution in [-0.2, 0) is 4.79 Å². The van der Waals surface area contributed by atoms with Crippen LogP contribution >= 0.6 is 11.8 Å². The molecule has 0 saturated carbocycles. The van der Waals surface area contributed by atoms with Gasteiger partial charge in [0.2, 0.25) is 5.91 Å². The highest BCUT2D eigenvalue weighted by Crippen LogP contribution is 2.27. The molecule has 2 aromatic rings. The predicted molar refractivity (Wildman–Crippen MR) is 73.6 cm³/mol. The molecule has 0 fully saturated rings. The fourth-order valence-electron chi connectivity index (χ4n) is 1.54. The molecule has 2 rings (SSSR count). The first kappa shape index (κ1) is 14.0. The van der Waals surface area contributed by atoms with Crippen molar-refractivity contribution in [3.8, 4) is 0 Å². The Bertz CT molecular complexity index is 629. The number of nitrogens with zero attached hydrogens (tertiary/aromatic N) is 3. The Morgan fingerprint density at radius 3 is 3.00 bits per heavy atom. The summed E-state index contributed by atoms with van der Waals surface area (Å²) in [6, 6.07) is 4.63. The summed E-state index contributed by atoms with van der Waals surface area (Å²) in [7, 11) is 0. The lowest BCUT2D eigenvalue weighted by molar-refractivity contribution is -0.384. The molecular weight excluding hydrogens is 282 g/mol. The third kappa shape index (κ3) is 3.32. The minimum Gasteiger partial charge on any atom is -0.319 e. The number of para-hydroxylation sites is 1. The van der Waals surface area contributed by atoms with E-state index in [1.54, 1.807) is 19.1 Å². The van der Waals surface area contributed by atoms with E-state index in [1.165, 1.54) is 12.4 Å². The van der Waals surface area contributed by atoms with Crippen LogP contribution in [0.3, 0.4) is 0 Å². The van der Waals surface area contributed by atoms with Gasteiger partial charge in [-0.15, -0.1) is 0 Å². The zero-order valence-electron chi connectivity index (χ0n) is 10.5. The second kappa shape index (κ2) is 6.15. The maximum atomic E-state index is 11.8. The van der Waals surface area contributed by atoms with Crippen LogP contribution in [0.1, 0.15) is 5.56 Å². The van der Waals surface area contributed by atoms with E-state index < -0.39 is 4.92 Å². The van der Waals surface area contributed by atoms with Crippen molar-refractivity contribution in [1.29, 1.82) is 0 Å². The normalized spacial score (nSPS) is 10.2. The molecule has 1 aromatic carbocycles. The average molecular weight is 293 g/mol. The van der Waals surface area contributed by atoms with Gasteiger partial charge in [0.1, 0.15) is 12.0 Å². The summed E-state index contributed by atoms with van der Waals surface area (Å²) in [5.41, 5.74) is 0.737. The molecule has 0 aliphatic heterocycles. The molecule has 9 heteroatoms. The monoisotopic (exact) mass is 293 g/mol. The second-order valence-corrected chi connectivity index (χ2v) is 4.82. The largest absolute Gasteiger partial charge is 0.319 e. The van der Waals surface area contributed by atoms with Crippen LogP contribution in [0.4, 0.5) is 11.4 Å². The van der Waals surface area contributed by atoms with Crippen molar-refractivity contribution in [1.82, 2.24) is 15.2 Å². The summed E-state index contributed by atoms with van der Waals surface area (Å²) in [4.78, 5) is 26.1. The Labute approximate surface area is 118 Å². The Morgan fingerprint density at radius 2 is 2.35 bits per heavy atom. The number of carbonyl (C=O) groups is 1. The first-order valence-electron chi connectivity index (χ1n) is 5.60. The smallest absolute Gasteiger partial charge is 0.293 e. The van der Waals surface area contributed by atoms with E-state index in [-0.39, 0.29) is 23.0 Å². The number of anilines is 1. The van der Waals surface area contributed by atoms with E-state index in [0.717, 1.165) is 11.8 Å². The minimum atomic E-state index is -0.522. The van der Waals surface area contributed by atoms with Crippen LogP contribution in [0.25, 0.3) is 0 Å². The Kier molecular flexibility index (Phi) is 4.31. The number of hydrogen-bond donors (Lipinski definition) is 2. The summed E-state index contributed by atoms with van der Waals surface area (Å²) >= 11 is 1.16. The van der Waals surface area contributed by atoms with E-state index in [4.69, 9.17) is 0 Å². The van der Waals surface area contributed by atoms with Crippen molar-refractivity contribution in [2.45, 2.75) is 12.1 Å². The van der Waals surface area contributed by atoms with Gasteiger partial charge >= 0.3 is 0 Å². The van der Waals surface area contributed by atoms with Gasteiger partial charge in [-0.2, -0.15) is 5.10 Å². The number of thioether (sulfide) groups is 1. The Balaban J connectivity index is 2.06. The van der Waals surface area contributed by atoms with Gasteiger partial charge in [-0.25, -0.2) is 4.98 Å². The molecule has 0 aliphatic rings. The number of H-pyrrole nitrogens is 1. The molecule has 0 aliphatic carbocycles. The summed E-state index contributed by atoms with van der Waals surface area (Å²) < 4.78 is 0. The quantitative estimate of drug-likeness (QED) is 0.493.